The van der Waals surface area contributed by atoms with Crippen molar-refractivity contribution in [1.29, 1.82) is 0 Å². The van der Waals surface area contributed by atoms with Crippen LogP contribution in [-0.4, -0.2) is 12.6 Å². The lowest BCUT2D eigenvalue weighted by atomic mass is 10.2. The van der Waals surface area contributed by atoms with Gasteiger partial charge in [-0.2, -0.15) is 0 Å². The fourth-order valence-corrected chi connectivity index (χ4v) is 1.56. The second-order valence-electron chi connectivity index (χ2n) is 3.32. The molecule has 1 aromatic rings. The molecule has 2 heteroatoms. The summed E-state index contributed by atoms with van der Waals surface area (Å²) in [5, 5.41) is 6.87. The lowest BCUT2D eigenvalue weighted by molar-refractivity contribution is 0.560. The van der Waals surface area contributed by atoms with Crippen molar-refractivity contribution in [3.63, 3.8) is 0 Å². The minimum Gasteiger partial charge on any atom is -0.297 e. The predicted molar refractivity (Wildman–Crippen MR) is 49.8 cm³/mol. The SMILES string of the molecule is CC1CNC(c2ccccc2)N1. The van der Waals surface area contributed by atoms with Crippen molar-refractivity contribution < 1.29 is 0 Å². The first-order chi connectivity index (χ1) is 5.86. The molecule has 2 atom stereocenters. The van der Waals surface area contributed by atoms with E-state index in [1.54, 1.807) is 0 Å². The second-order valence-corrected chi connectivity index (χ2v) is 3.32. The minimum atomic E-state index is 0.348. The van der Waals surface area contributed by atoms with E-state index in [1.165, 1.54) is 5.56 Å². The average Bonchev–Trinajstić information content (AvgIpc) is 2.54. The highest BCUT2D eigenvalue weighted by molar-refractivity contribution is 5.19. The summed E-state index contributed by atoms with van der Waals surface area (Å²) in [5.74, 6) is 0. The fourth-order valence-electron chi connectivity index (χ4n) is 1.56. The van der Waals surface area contributed by atoms with Crippen LogP contribution < -0.4 is 10.6 Å². The van der Waals surface area contributed by atoms with Crippen LogP contribution in [0, 0.1) is 0 Å². The van der Waals surface area contributed by atoms with E-state index in [-0.39, 0.29) is 0 Å². The third-order valence-corrected chi connectivity index (χ3v) is 2.21. The highest BCUT2D eigenvalue weighted by Crippen LogP contribution is 2.13. The van der Waals surface area contributed by atoms with Gasteiger partial charge in [-0.15, -0.1) is 0 Å². The molecular formula is C10H14N2. The van der Waals surface area contributed by atoms with Gasteiger partial charge in [0.2, 0.25) is 0 Å². The molecule has 2 N–H and O–H groups in total. The van der Waals surface area contributed by atoms with Crippen molar-refractivity contribution in [3.8, 4) is 0 Å². The first-order valence-corrected chi connectivity index (χ1v) is 4.40. The van der Waals surface area contributed by atoms with E-state index in [1.807, 2.05) is 6.07 Å². The Morgan fingerprint density at radius 2 is 2.00 bits per heavy atom. The summed E-state index contributed by atoms with van der Waals surface area (Å²) >= 11 is 0. The number of hydrogen-bond donors (Lipinski definition) is 2. The molecule has 12 heavy (non-hydrogen) atoms. The Bertz CT molecular complexity index is 245. The third kappa shape index (κ3) is 1.49. The van der Waals surface area contributed by atoms with Gasteiger partial charge >= 0.3 is 0 Å². The molecule has 1 aliphatic heterocycles. The van der Waals surface area contributed by atoms with E-state index in [0.29, 0.717) is 12.2 Å². The van der Waals surface area contributed by atoms with Crippen molar-refractivity contribution in [2.75, 3.05) is 6.54 Å². The van der Waals surface area contributed by atoms with Crippen molar-refractivity contribution in [2.24, 2.45) is 0 Å². The molecule has 1 fully saturated rings. The van der Waals surface area contributed by atoms with Gasteiger partial charge in [-0.3, -0.25) is 10.6 Å². The number of rotatable bonds is 1. The maximum Gasteiger partial charge on any atom is 0.0838 e. The van der Waals surface area contributed by atoms with Gasteiger partial charge in [-0.05, 0) is 12.5 Å². The van der Waals surface area contributed by atoms with Gasteiger partial charge < -0.3 is 0 Å². The zero-order valence-corrected chi connectivity index (χ0v) is 7.25. The Kier molecular flexibility index (Phi) is 2.11. The number of nitrogens with one attached hydrogen (secondary N) is 2. The van der Waals surface area contributed by atoms with Crippen LogP contribution in [0.4, 0.5) is 0 Å². The molecule has 1 heterocycles. The van der Waals surface area contributed by atoms with E-state index >= 15 is 0 Å². The smallest absolute Gasteiger partial charge is 0.0838 e. The first-order valence-electron chi connectivity index (χ1n) is 4.40. The van der Waals surface area contributed by atoms with Crippen LogP contribution in [0.3, 0.4) is 0 Å². The van der Waals surface area contributed by atoms with E-state index < -0.39 is 0 Å². The van der Waals surface area contributed by atoms with Gasteiger partial charge in [0.05, 0.1) is 6.17 Å². The summed E-state index contributed by atoms with van der Waals surface area (Å²) < 4.78 is 0. The molecule has 2 rings (SSSR count). The molecule has 0 saturated carbocycles. The molecule has 1 aromatic carbocycles. The van der Waals surface area contributed by atoms with Crippen LogP contribution in [0.5, 0.6) is 0 Å². The van der Waals surface area contributed by atoms with E-state index in [9.17, 15) is 0 Å². The second kappa shape index (κ2) is 3.25. The Hall–Kier alpha value is -0.860. The molecule has 0 aliphatic carbocycles. The van der Waals surface area contributed by atoms with Crippen LogP contribution >= 0.6 is 0 Å². The van der Waals surface area contributed by atoms with Crippen LogP contribution in [0.25, 0.3) is 0 Å². The minimum absolute atomic E-state index is 0.348. The molecule has 1 aliphatic rings. The summed E-state index contributed by atoms with van der Waals surface area (Å²) in [5.41, 5.74) is 1.32. The maximum absolute atomic E-state index is 3.46. The Labute approximate surface area is 73.0 Å². The maximum atomic E-state index is 3.46. The van der Waals surface area contributed by atoms with Crippen LogP contribution in [-0.2, 0) is 0 Å². The molecule has 0 bridgehead atoms. The van der Waals surface area contributed by atoms with E-state index in [4.69, 9.17) is 0 Å². The highest BCUT2D eigenvalue weighted by atomic mass is 15.2. The Morgan fingerprint density at radius 3 is 2.58 bits per heavy atom. The summed E-state index contributed by atoms with van der Waals surface area (Å²) in [4.78, 5) is 0. The van der Waals surface area contributed by atoms with Crippen LogP contribution in [0.2, 0.25) is 0 Å². The molecule has 1 saturated heterocycles. The summed E-state index contributed by atoms with van der Waals surface area (Å²) in [7, 11) is 0. The molecule has 0 amide bonds. The molecule has 0 aromatic heterocycles. The quantitative estimate of drug-likeness (QED) is 0.649. The standard InChI is InChI=1S/C10H14N2/c1-8-7-11-10(12-8)9-5-3-2-4-6-9/h2-6,8,10-12H,7H2,1H3. The van der Waals surface area contributed by atoms with Gasteiger partial charge in [0.25, 0.3) is 0 Å². The Balaban J connectivity index is 2.11. The van der Waals surface area contributed by atoms with Crippen molar-refractivity contribution in [1.82, 2.24) is 10.6 Å². The normalized spacial score (nSPS) is 29.1. The van der Waals surface area contributed by atoms with Crippen molar-refractivity contribution in [2.45, 2.75) is 19.1 Å². The molecule has 0 spiro atoms. The van der Waals surface area contributed by atoms with Crippen LogP contribution in [0.15, 0.2) is 30.3 Å². The molecular weight excluding hydrogens is 148 g/mol. The molecule has 2 unspecified atom stereocenters. The average molecular weight is 162 g/mol. The van der Waals surface area contributed by atoms with Crippen molar-refractivity contribution in [3.05, 3.63) is 35.9 Å². The van der Waals surface area contributed by atoms with Crippen LogP contribution in [0.1, 0.15) is 18.7 Å². The van der Waals surface area contributed by atoms with E-state index in [0.717, 1.165) is 6.54 Å². The zero-order valence-electron chi connectivity index (χ0n) is 7.25. The highest BCUT2D eigenvalue weighted by Gasteiger charge is 2.19. The zero-order chi connectivity index (χ0) is 8.39. The number of benzene rings is 1. The van der Waals surface area contributed by atoms with Gasteiger partial charge in [0, 0.05) is 12.6 Å². The first kappa shape index (κ1) is 7.77. The van der Waals surface area contributed by atoms with E-state index in [2.05, 4.69) is 41.8 Å². The summed E-state index contributed by atoms with van der Waals surface area (Å²) in [6, 6.07) is 11.0. The van der Waals surface area contributed by atoms with Gasteiger partial charge in [-0.25, -0.2) is 0 Å². The summed E-state index contributed by atoms with van der Waals surface area (Å²) in [6.07, 6.45) is 0.348. The molecule has 0 radical (unpaired) electrons. The fraction of sp³-hybridized carbons (Fsp3) is 0.400. The summed E-state index contributed by atoms with van der Waals surface area (Å²) in [6.45, 7) is 3.25. The number of hydrogen-bond acceptors (Lipinski definition) is 2. The topological polar surface area (TPSA) is 24.1 Å². The lowest BCUT2D eigenvalue weighted by Gasteiger charge is -2.11. The monoisotopic (exact) mass is 162 g/mol. The third-order valence-electron chi connectivity index (χ3n) is 2.21. The largest absolute Gasteiger partial charge is 0.297 e. The predicted octanol–water partition coefficient (Wildman–Crippen LogP) is 1.27. The lowest BCUT2D eigenvalue weighted by Crippen LogP contribution is -2.23. The molecule has 2 nitrogen and oxygen atoms in total. The van der Waals surface area contributed by atoms with Gasteiger partial charge in [0.1, 0.15) is 0 Å². The van der Waals surface area contributed by atoms with Gasteiger partial charge in [-0.1, -0.05) is 30.3 Å². The Morgan fingerprint density at radius 1 is 1.25 bits per heavy atom. The molecule has 64 valence electrons. The van der Waals surface area contributed by atoms with Gasteiger partial charge in [0.15, 0.2) is 0 Å². The van der Waals surface area contributed by atoms with Crippen molar-refractivity contribution >= 4 is 0 Å².